The first kappa shape index (κ1) is 27.2. The van der Waals surface area contributed by atoms with Gasteiger partial charge in [-0.2, -0.15) is 0 Å². The van der Waals surface area contributed by atoms with Crippen LogP contribution >= 0.6 is 24.0 Å². The van der Waals surface area contributed by atoms with Gasteiger partial charge in [-0.05, 0) is 43.7 Å². The first-order valence-electron chi connectivity index (χ1n) is 10.9. The predicted octanol–water partition coefficient (Wildman–Crippen LogP) is 2.77. The van der Waals surface area contributed by atoms with Crippen LogP contribution in [0.3, 0.4) is 0 Å². The molecule has 2 heterocycles. The summed E-state index contributed by atoms with van der Waals surface area (Å²) in [4.78, 5) is 10.7. The van der Waals surface area contributed by atoms with E-state index in [1.165, 1.54) is 12.3 Å². The molecule has 10 heteroatoms. The fraction of sp³-hybridized carbons (Fsp3) is 0.478. The molecular formula is C23H33FIN5O3. The number of hydrogen-bond acceptors (Lipinski definition) is 6. The second-order valence-corrected chi connectivity index (χ2v) is 7.99. The Bertz CT molecular complexity index is 880. The molecule has 1 aromatic heterocycles. The van der Waals surface area contributed by atoms with Gasteiger partial charge in [-0.25, -0.2) is 9.38 Å². The van der Waals surface area contributed by atoms with Crippen LogP contribution in [0.2, 0.25) is 0 Å². The van der Waals surface area contributed by atoms with E-state index >= 15 is 0 Å². The molecule has 0 bridgehead atoms. The average molecular weight is 573 g/mol. The molecule has 0 radical (unpaired) electrons. The highest BCUT2D eigenvalue weighted by Crippen LogP contribution is 2.24. The Morgan fingerprint density at radius 2 is 2.09 bits per heavy atom. The summed E-state index contributed by atoms with van der Waals surface area (Å²) in [5.74, 6) is 0.702. The molecular weight excluding hydrogens is 540 g/mol. The summed E-state index contributed by atoms with van der Waals surface area (Å²) in [6.45, 7) is 8.62. The fourth-order valence-corrected chi connectivity index (χ4v) is 3.34. The number of hydrogen-bond donors (Lipinski definition) is 3. The van der Waals surface area contributed by atoms with Gasteiger partial charge < -0.3 is 25.2 Å². The van der Waals surface area contributed by atoms with Gasteiger partial charge in [0.15, 0.2) is 17.5 Å². The quantitative estimate of drug-likeness (QED) is 0.242. The van der Waals surface area contributed by atoms with E-state index in [1.807, 2.05) is 6.92 Å². The normalized spacial score (nSPS) is 16.4. The highest BCUT2D eigenvalue weighted by Gasteiger charge is 2.25. The number of guanidine groups is 1. The van der Waals surface area contributed by atoms with Crippen LogP contribution in [0.5, 0.6) is 11.5 Å². The van der Waals surface area contributed by atoms with Crippen molar-refractivity contribution in [2.24, 2.45) is 4.99 Å². The average Bonchev–Trinajstić information content (AvgIpc) is 2.78. The number of aliphatic hydroxyl groups is 1. The van der Waals surface area contributed by atoms with E-state index in [4.69, 9.17) is 9.47 Å². The van der Waals surface area contributed by atoms with Crippen molar-refractivity contribution < 1.29 is 19.0 Å². The van der Waals surface area contributed by atoms with Gasteiger partial charge in [0.2, 0.25) is 0 Å². The number of aliphatic imine (C=N–C) groups is 1. The lowest BCUT2D eigenvalue weighted by Gasteiger charge is -2.34. The monoisotopic (exact) mass is 573 g/mol. The van der Waals surface area contributed by atoms with E-state index in [0.29, 0.717) is 50.1 Å². The van der Waals surface area contributed by atoms with Gasteiger partial charge in [0.05, 0.1) is 31.6 Å². The smallest absolute Gasteiger partial charge is 0.191 e. The minimum absolute atomic E-state index is 0. The molecule has 0 aliphatic carbocycles. The first-order chi connectivity index (χ1) is 15.4. The number of nitrogens with one attached hydrogen (secondary N) is 2. The van der Waals surface area contributed by atoms with Crippen LogP contribution in [0.4, 0.5) is 4.39 Å². The third-order valence-electron chi connectivity index (χ3n) is 4.93. The van der Waals surface area contributed by atoms with Gasteiger partial charge in [-0.3, -0.25) is 9.88 Å². The molecule has 1 saturated heterocycles. The van der Waals surface area contributed by atoms with Crippen molar-refractivity contribution >= 4 is 29.9 Å². The Hall–Kier alpha value is -2.02. The van der Waals surface area contributed by atoms with Crippen LogP contribution in [0.25, 0.3) is 0 Å². The van der Waals surface area contributed by atoms with Gasteiger partial charge in [0.1, 0.15) is 5.75 Å². The summed E-state index contributed by atoms with van der Waals surface area (Å²) in [5.41, 5.74) is -0.219. The van der Waals surface area contributed by atoms with Crippen LogP contribution < -0.4 is 15.4 Å². The molecule has 1 aliphatic heterocycles. The van der Waals surface area contributed by atoms with Crippen molar-refractivity contribution in [3.05, 3.63) is 54.1 Å². The van der Waals surface area contributed by atoms with E-state index in [0.717, 1.165) is 13.1 Å². The van der Waals surface area contributed by atoms with Crippen molar-refractivity contribution in [3.63, 3.8) is 0 Å². The number of halogens is 2. The predicted molar refractivity (Wildman–Crippen MR) is 137 cm³/mol. The van der Waals surface area contributed by atoms with Crippen LogP contribution in [0, 0.1) is 5.82 Å². The Balaban J connectivity index is 0.00000385. The molecule has 0 saturated carbocycles. The Labute approximate surface area is 211 Å². The van der Waals surface area contributed by atoms with Crippen LogP contribution in [0.15, 0.2) is 47.7 Å². The number of nitrogens with zero attached hydrogens (tertiary/aromatic N) is 3. The molecule has 1 atom stereocenters. The first-order valence-corrected chi connectivity index (χ1v) is 10.9. The lowest BCUT2D eigenvalue weighted by molar-refractivity contribution is -0.0201. The molecule has 33 heavy (non-hydrogen) atoms. The molecule has 1 unspecified atom stereocenters. The number of β-amino-alcohol motifs (C(OH)–C–C–N with tert-alkyl or cyclic N) is 1. The number of rotatable bonds is 9. The van der Waals surface area contributed by atoms with Crippen molar-refractivity contribution in [2.75, 3.05) is 45.9 Å². The highest BCUT2D eigenvalue weighted by atomic mass is 127. The maximum atomic E-state index is 14.5. The zero-order valence-electron chi connectivity index (χ0n) is 19.1. The molecule has 0 amide bonds. The standard InChI is InChI=1S/C23H32FN5O3.HI/c1-3-26-22(28-16-23(2,30)17-29-9-11-31-12-10-29)27-14-18-6-7-21(20(24)13-18)32-19-5-4-8-25-15-19;/h4-8,13,15,30H,3,9-12,14,16-17H2,1-2H3,(H2,26,27,28);1H. The minimum atomic E-state index is -0.926. The van der Waals surface area contributed by atoms with E-state index in [9.17, 15) is 9.50 Å². The molecule has 3 N–H and O–H groups in total. The molecule has 182 valence electrons. The number of morpholine rings is 1. The Morgan fingerprint density at radius 3 is 2.76 bits per heavy atom. The summed E-state index contributed by atoms with van der Waals surface area (Å²) in [6.07, 6.45) is 3.16. The fourth-order valence-electron chi connectivity index (χ4n) is 3.34. The zero-order chi connectivity index (χ0) is 22.8. The highest BCUT2D eigenvalue weighted by molar-refractivity contribution is 14.0. The summed E-state index contributed by atoms with van der Waals surface area (Å²) in [5, 5.41) is 17.1. The molecule has 1 fully saturated rings. The summed E-state index contributed by atoms with van der Waals surface area (Å²) < 4.78 is 25.4. The second-order valence-electron chi connectivity index (χ2n) is 7.99. The lowest BCUT2D eigenvalue weighted by Crippen LogP contribution is -2.52. The SMILES string of the molecule is CCNC(=NCc1ccc(Oc2cccnc2)c(F)c1)NCC(C)(O)CN1CCOCC1.I. The van der Waals surface area contributed by atoms with Gasteiger partial charge in [0, 0.05) is 38.9 Å². The largest absolute Gasteiger partial charge is 0.453 e. The third kappa shape index (κ3) is 9.40. The van der Waals surface area contributed by atoms with Crippen LogP contribution in [0.1, 0.15) is 19.4 Å². The molecule has 1 aliphatic rings. The van der Waals surface area contributed by atoms with Crippen molar-refractivity contribution in [3.8, 4) is 11.5 Å². The number of pyridine rings is 1. The lowest BCUT2D eigenvalue weighted by atomic mass is 10.1. The Morgan fingerprint density at radius 1 is 1.30 bits per heavy atom. The van der Waals surface area contributed by atoms with Gasteiger partial charge >= 0.3 is 0 Å². The van der Waals surface area contributed by atoms with Gasteiger partial charge in [-0.1, -0.05) is 6.07 Å². The van der Waals surface area contributed by atoms with Crippen molar-refractivity contribution in [1.82, 2.24) is 20.5 Å². The third-order valence-corrected chi connectivity index (χ3v) is 4.93. The summed E-state index contributed by atoms with van der Waals surface area (Å²) in [7, 11) is 0. The maximum Gasteiger partial charge on any atom is 0.191 e. The Kier molecular flexibility index (Phi) is 11.2. The second kappa shape index (κ2) is 13.6. The topological polar surface area (TPSA) is 91.2 Å². The maximum absolute atomic E-state index is 14.5. The zero-order valence-corrected chi connectivity index (χ0v) is 21.4. The van der Waals surface area contributed by atoms with Crippen LogP contribution in [-0.2, 0) is 11.3 Å². The molecule has 8 nitrogen and oxygen atoms in total. The molecule has 3 rings (SSSR count). The number of aromatic nitrogens is 1. The number of ether oxygens (including phenoxy) is 2. The van der Waals surface area contributed by atoms with E-state index < -0.39 is 11.4 Å². The van der Waals surface area contributed by atoms with Crippen LogP contribution in [-0.4, -0.2) is 72.5 Å². The van der Waals surface area contributed by atoms with Crippen molar-refractivity contribution in [1.29, 1.82) is 0 Å². The van der Waals surface area contributed by atoms with E-state index in [1.54, 1.807) is 37.4 Å². The molecule has 1 aromatic carbocycles. The van der Waals surface area contributed by atoms with E-state index in [-0.39, 0.29) is 36.3 Å². The summed E-state index contributed by atoms with van der Waals surface area (Å²) in [6, 6.07) is 8.21. The van der Waals surface area contributed by atoms with Gasteiger partial charge in [0.25, 0.3) is 0 Å². The minimum Gasteiger partial charge on any atom is -0.453 e. The summed E-state index contributed by atoms with van der Waals surface area (Å²) >= 11 is 0. The van der Waals surface area contributed by atoms with Gasteiger partial charge in [-0.15, -0.1) is 24.0 Å². The molecule has 2 aromatic rings. The number of benzene rings is 1. The van der Waals surface area contributed by atoms with E-state index in [2.05, 4.69) is 25.5 Å². The molecule has 0 spiro atoms. The van der Waals surface area contributed by atoms with Crippen molar-refractivity contribution in [2.45, 2.75) is 26.0 Å².